The molecule has 1 saturated heterocycles. The van der Waals surface area contributed by atoms with E-state index < -0.39 is 0 Å². The highest BCUT2D eigenvalue weighted by molar-refractivity contribution is 9.10. The number of benzene rings is 1. The topological polar surface area (TPSA) is 37.4 Å². The Labute approximate surface area is 129 Å². The van der Waals surface area contributed by atoms with Gasteiger partial charge < -0.3 is 0 Å². The summed E-state index contributed by atoms with van der Waals surface area (Å²) in [5.74, 6) is -0.113. The van der Waals surface area contributed by atoms with E-state index in [0.717, 1.165) is 10.9 Å². The van der Waals surface area contributed by atoms with Crippen LogP contribution in [0.2, 0.25) is 5.02 Å². The van der Waals surface area contributed by atoms with Crippen LogP contribution < -0.4 is 4.90 Å². The van der Waals surface area contributed by atoms with Crippen molar-refractivity contribution < 1.29 is 9.59 Å². The van der Waals surface area contributed by atoms with Crippen LogP contribution in [-0.4, -0.2) is 11.8 Å². The molecule has 0 spiro atoms. The molecule has 5 heteroatoms. The van der Waals surface area contributed by atoms with E-state index in [1.807, 2.05) is 0 Å². The molecular formula is C15H11BrClNO2. The number of anilines is 1. The van der Waals surface area contributed by atoms with Crippen molar-refractivity contribution in [3.8, 4) is 0 Å². The quantitative estimate of drug-likeness (QED) is 0.574. The van der Waals surface area contributed by atoms with Gasteiger partial charge in [0.05, 0.1) is 22.5 Å². The molecule has 1 saturated carbocycles. The fourth-order valence-electron chi connectivity index (χ4n) is 3.80. The van der Waals surface area contributed by atoms with Gasteiger partial charge in [0.2, 0.25) is 11.8 Å². The van der Waals surface area contributed by atoms with Gasteiger partial charge in [0, 0.05) is 4.47 Å². The molecule has 3 nitrogen and oxygen atoms in total. The van der Waals surface area contributed by atoms with E-state index in [9.17, 15) is 9.59 Å². The summed E-state index contributed by atoms with van der Waals surface area (Å²) in [6, 6.07) is 5.22. The number of allylic oxidation sites excluding steroid dienone is 2. The van der Waals surface area contributed by atoms with Crippen LogP contribution in [0.25, 0.3) is 0 Å². The fraction of sp³-hybridized carbons (Fsp3) is 0.333. The van der Waals surface area contributed by atoms with Crippen LogP contribution in [0.4, 0.5) is 5.69 Å². The SMILES string of the molecule is O=C1[C@H]2[C@H](C(=O)N1c1ccc(Br)cc1Cl)[C@H]1C=C[C@H]2C1. The maximum Gasteiger partial charge on any atom is 0.238 e. The van der Waals surface area contributed by atoms with Crippen molar-refractivity contribution >= 4 is 45.0 Å². The number of carbonyl (C=O) groups is 2. The predicted molar refractivity (Wildman–Crippen MR) is 79.4 cm³/mol. The minimum Gasteiger partial charge on any atom is -0.274 e. The van der Waals surface area contributed by atoms with Gasteiger partial charge in [-0.2, -0.15) is 0 Å². The maximum absolute atomic E-state index is 12.6. The molecule has 20 heavy (non-hydrogen) atoms. The Bertz CT molecular complexity index is 642. The number of halogens is 2. The Morgan fingerprint density at radius 3 is 2.25 bits per heavy atom. The van der Waals surface area contributed by atoms with E-state index in [1.54, 1.807) is 18.2 Å². The van der Waals surface area contributed by atoms with Gasteiger partial charge in [-0.15, -0.1) is 0 Å². The van der Waals surface area contributed by atoms with E-state index in [1.165, 1.54) is 4.90 Å². The van der Waals surface area contributed by atoms with Crippen LogP contribution in [0.5, 0.6) is 0 Å². The van der Waals surface area contributed by atoms with E-state index in [-0.39, 0.29) is 35.5 Å². The Hall–Kier alpha value is -1.13. The van der Waals surface area contributed by atoms with Gasteiger partial charge >= 0.3 is 0 Å². The average Bonchev–Trinajstić information content (AvgIpc) is 3.06. The third-order valence-corrected chi connectivity index (χ3v) is 5.42. The van der Waals surface area contributed by atoms with Crippen LogP contribution in [-0.2, 0) is 9.59 Å². The Kier molecular flexibility index (Phi) is 2.63. The Balaban J connectivity index is 1.78. The van der Waals surface area contributed by atoms with Crippen LogP contribution in [0.3, 0.4) is 0 Å². The molecule has 0 aromatic heterocycles. The van der Waals surface area contributed by atoms with Gasteiger partial charge in [0.15, 0.2) is 0 Å². The summed E-state index contributed by atoms with van der Waals surface area (Å²) in [4.78, 5) is 26.5. The van der Waals surface area contributed by atoms with E-state index >= 15 is 0 Å². The van der Waals surface area contributed by atoms with E-state index in [0.29, 0.717) is 10.7 Å². The predicted octanol–water partition coefficient (Wildman–Crippen LogP) is 3.41. The summed E-state index contributed by atoms with van der Waals surface area (Å²) < 4.78 is 0.826. The van der Waals surface area contributed by atoms with Crippen molar-refractivity contribution in [2.75, 3.05) is 4.90 Å². The van der Waals surface area contributed by atoms with Gasteiger partial charge in [-0.1, -0.05) is 39.7 Å². The first-order valence-corrected chi connectivity index (χ1v) is 7.76. The standard InChI is InChI=1S/C15H11BrClNO2/c16-9-3-4-11(10(17)6-9)18-14(19)12-7-1-2-8(5-7)13(12)15(18)20/h1-4,6-8,12-13H,5H2/t7-,8-,12+,13+/m0/s1. The molecule has 2 aliphatic carbocycles. The number of carbonyl (C=O) groups excluding carboxylic acids is 2. The minimum absolute atomic E-state index is 0.0962. The van der Waals surface area contributed by atoms with Crippen LogP contribution in [0.15, 0.2) is 34.8 Å². The molecule has 2 fully saturated rings. The number of rotatable bonds is 1. The van der Waals surface area contributed by atoms with Crippen molar-refractivity contribution in [3.63, 3.8) is 0 Å². The zero-order chi connectivity index (χ0) is 14.0. The summed E-state index contributed by atoms with van der Waals surface area (Å²) in [7, 11) is 0. The third kappa shape index (κ3) is 1.52. The van der Waals surface area contributed by atoms with Crippen LogP contribution in [0, 0.1) is 23.7 Å². The Morgan fingerprint density at radius 2 is 1.70 bits per heavy atom. The lowest BCUT2D eigenvalue weighted by Crippen LogP contribution is -2.33. The molecule has 1 heterocycles. The lowest BCUT2D eigenvalue weighted by molar-refractivity contribution is -0.123. The van der Waals surface area contributed by atoms with Gasteiger partial charge in [0.1, 0.15) is 0 Å². The molecule has 1 aromatic carbocycles. The first-order chi connectivity index (χ1) is 9.58. The van der Waals surface area contributed by atoms with Crippen LogP contribution in [0.1, 0.15) is 6.42 Å². The van der Waals surface area contributed by atoms with Gasteiger partial charge in [-0.25, -0.2) is 4.90 Å². The number of hydrogen-bond donors (Lipinski definition) is 0. The van der Waals surface area contributed by atoms with Crippen molar-refractivity contribution in [2.24, 2.45) is 23.7 Å². The number of nitrogens with zero attached hydrogens (tertiary/aromatic N) is 1. The largest absolute Gasteiger partial charge is 0.274 e. The van der Waals surface area contributed by atoms with Gasteiger partial charge in [-0.3, -0.25) is 9.59 Å². The normalized spacial score (nSPS) is 34.2. The van der Waals surface area contributed by atoms with E-state index in [2.05, 4.69) is 28.1 Å². The second-order valence-electron chi connectivity index (χ2n) is 5.61. The van der Waals surface area contributed by atoms with Crippen molar-refractivity contribution in [2.45, 2.75) is 6.42 Å². The number of hydrogen-bond acceptors (Lipinski definition) is 2. The first kappa shape index (κ1) is 12.6. The first-order valence-electron chi connectivity index (χ1n) is 6.59. The second-order valence-corrected chi connectivity index (χ2v) is 6.93. The zero-order valence-corrected chi connectivity index (χ0v) is 12.8. The Morgan fingerprint density at radius 1 is 1.10 bits per heavy atom. The highest BCUT2D eigenvalue weighted by Crippen LogP contribution is 2.53. The summed E-state index contributed by atoms with van der Waals surface area (Å²) >= 11 is 9.52. The second kappa shape index (κ2) is 4.18. The molecule has 0 unspecified atom stereocenters. The molecule has 0 radical (unpaired) electrons. The number of amides is 2. The molecule has 4 rings (SSSR count). The molecule has 4 atom stereocenters. The zero-order valence-electron chi connectivity index (χ0n) is 10.4. The van der Waals surface area contributed by atoms with Crippen LogP contribution >= 0.6 is 27.5 Å². The van der Waals surface area contributed by atoms with Gasteiger partial charge in [0.25, 0.3) is 0 Å². The van der Waals surface area contributed by atoms with Crippen molar-refractivity contribution in [1.29, 1.82) is 0 Å². The molecular weight excluding hydrogens is 342 g/mol. The molecule has 1 aliphatic heterocycles. The number of fused-ring (bicyclic) bond motifs is 5. The lowest BCUT2D eigenvalue weighted by Gasteiger charge is -2.18. The lowest BCUT2D eigenvalue weighted by atomic mass is 9.85. The molecule has 0 N–H and O–H groups in total. The third-order valence-electron chi connectivity index (χ3n) is 4.62. The molecule has 3 aliphatic rings. The molecule has 2 bridgehead atoms. The fourth-order valence-corrected chi connectivity index (χ4v) is 4.56. The monoisotopic (exact) mass is 351 g/mol. The summed E-state index contributed by atoms with van der Waals surface area (Å²) in [6.45, 7) is 0. The van der Waals surface area contributed by atoms with Gasteiger partial charge in [-0.05, 0) is 36.5 Å². The maximum atomic E-state index is 12.6. The smallest absolute Gasteiger partial charge is 0.238 e. The van der Waals surface area contributed by atoms with Crippen molar-refractivity contribution in [1.82, 2.24) is 0 Å². The molecule has 102 valence electrons. The molecule has 2 amide bonds. The highest BCUT2D eigenvalue weighted by atomic mass is 79.9. The minimum atomic E-state index is -0.183. The highest BCUT2D eigenvalue weighted by Gasteiger charge is 2.59. The molecule has 1 aromatic rings. The summed E-state index contributed by atoms with van der Waals surface area (Å²) in [6.07, 6.45) is 5.11. The summed E-state index contributed by atoms with van der Waals surface area (Å²) in [5.41, 5.74) is 0.499. The summed E-state index contributed by atoms with van der Waals surface area (Å²) in [5, 5.41) is 0.418. The number of imide groups is 1. The van der Waals surface area contributed by atoms with E-state index in [4.69, 9.17) is 11.6 Å². The average molecular weight is 353 g/mol. The van der Waals surface area contributed by atoms with Crippen molar-refractivity contribution in [3.05, 3.63) is 39.8 Å².